The van der Waals surface area contributed by atoms with Gasteiger partial charge in [0.25, 0.3) is 0 Å². The lowest BCUT2D eigenvalue weighted by Gasteiger charge is -2.10. The number of methoxy groups -OCH3 is 2. The lowest BCUT2D eigenvalue weighted by molar-refractivity contribution is 0.0688. The largest absolute Gasteiger partial charge is 0.504 e. The van der Waals surface area contributed by atoms with Gasteiger partial charge in [0.15, 0.2) is 11.5 Å². The van der Waals surface area contributed by atoms with Gasteiger partial charge in [-0.1, -0.05) is 0 Å². The first kappa shape index (κ1) is 10.2. The standard InChI is InChI=1S/C9H10O5/c1-13-6-4-3-5(10)8(14-2)7(6)9(11)12/h3-4,10H,1-2H3,(H,11,12). The predicted molar refractivity (Wildman–Crippen MR) is 48.2 cm³/mol. The van der Waals surface area contributed by atoms with Gasteiger partial charge in [-0.05, 0) is 12.1 Å². The summed E-state index contributed by atoms with van der Waals surface area (Å²) in [5, 5.41) is 18.2. The number of phenols is 1. The molecule has 0 saturated carbocycles. The lowest BCUT2D eigenvalue weighted by Crippen LogP contribution is -2.03. The number of carboxylic acid groups (broad SMARTS) is 1. The molecule has 0 radical (unpaired) electrons. The van der Waals surface area contributed by atoms with Gasteiger partial charge in [-0.15, -0.1) is 0 Å². The van der Waals surface area contributed by atoms with E-state index in [1.54, 1.807) is 0 Å². The number of carbonyl (C=O) groups is 1. The molecule has 0 saturated heterocycles. The van der Waals surface area contributed by atoms with E-state index in [1.807, 2.05) is 0 Å². The van der Waals surface area contributed by atoms with Crippen molar-refractivity contribution in [2.45, 2.75) is 0 Å². The number of hydrogen-bond donors (Lipinski definition) is 2. The van der Waals surface area contributed by atoms with E-state index in [4.69, 9.17) is 14.6 Å². The van der Waals surface area contributed by atoms with Crippen LogP contribution in [0.1, 0.15) is 10.4 Å². The van der Waals surface area contributed by atoms with Crippen molar-refractivity contribution in [1.82, 2.24) is 0 Å². The molecule has 0 fully saturated rings. The van der Waals surface area contributed by atoms with E-state index in [9.17, 15) is 9.90 Å². The summed E-state index contributed by atoms with van der Waals surface area (Å²) in [5.74, 6) is -1.40. The summed E-state index contributed by atoms with van der Waals surface area (Å²) >= 11 is 0. The monoisotopic (exact) mass is 198 g/mol. The van der Waals surface area contributed by atoms with Crippen LogP contribution in [-0.2, 0) is 0 Å². The first-order valence-electron chi connectivity index (χ1n) is 3.79. The Morgan fingerprint density at radius 1 is 1.29 bits per heavy atom. The average molecular weight is 198 g/mol. The molecular formula is C9H10O5. The van der Waals surface area contributed by atoms with Crippen LogP contribution in [0.4, 0.5) is 0 Å². The molecule has 0 aliphatic rings. The van der Waals surface area contributed by atoms with Crippen molar-refractivity contribution in [2.75, 3.05) is 14.2 Å². The second-order valence-electron chi connectivity index (χ2n) is 2.50. The maximum Gasteiger partial charge on any atom is 0.343 e. The number of aromatic carboxylic acids is 1. The third kappa shape index (κ3) is 1.56. The molecule has 1 aromatic carbocycles. The topological polar surface area (TPSA) is 76.0 Å². The lowest BCUT2D eigenvalue weighted by atomic mass is 10.1. The summed E-state index contributed by atoms with van der Waals surface area (Å²) in [6.45, 7) is 0. The van der Waals surface area contributed by atoms with Crippen molar-refractivity contribution in [3.63, 3.8) is 0 Å². The number of carboxylic acids is 1. The van der Waals surface area contributed by atoms with Crippen molar-refractivity contribution in [3.05, 3.63) is 17.7 Å². The molecule has 0 aliphatic carbocycles. The Hall–Kier alpha value is -1.91. The fourth-order valence-electron chi connectivity index (χ4n) is 1.13. The second kappa shape index (κ2) is 3.87. The highest BCUT2D eigenvalue weighted by atomic mass is 16.5. The normalized spacial score (nSPS) is 9.57. The molecule has 0 atom stereocenters. The van der Waals surface area contributed by atoms with Crippen LogP contribution in [0.2, 0.25) is 0 Å². The first-order valence-corrected chi connectivity index (χ1v) is 3.79. The van der Waals surface area contributed by atoms with Crippen molar-refractivity contribution in [3.8, 4) is 17.2 Å². The smallest absolute Gasteiger partial charge is 0.343 e. The van der Waals surface area contributed by atoms with E-state index in [0.29, 0.717) is 0 Å². The van der Waals surface area contributed by atoms with Gasteiger partial charge < -0.3 is 19.7 Å². The highest BCUT2D eigenvalue weighted by Gasteiger charge is 2.20. The van der Waals surface area contributed by atoms with Crippen LogP contribution in [0.25, 0.3) is 0 Å². The van der Waals surface area contributed by atoms with Crippen LogP contribution in [-0.4, -0.2) is 30.4 Å². The van der Waals surface area contributed by atoms with Crippen molar-refractivity contribution in [1.29, 1.82) is 0 Å². The Bertz CT molecular complexity index is 358. The van der Waals surface area contributed by atoms with Gasteiger partial charge in [0.05, 0.1) is 14.2 Å². The minimum atomic E-state index is -1.21. The number of ether oxygens (including phenoxy) is 2. The average Bonchev–Trinajstić information content (AvgIpc) is 2.17. The zero-order valence-electron chi connectivity index (χ0n) is 7.77. The fraction of sp³-hybridized carbons (Fsp3) is 0.222. The second-order valence-corrected chi connectivity index (χ2v) is 2.50. The van der Waals surface area contributed by atoms with Gasteiger partial charge in [-0.2, -0.15) is 0 Å². The molecule has 0 unspecified atom stereocenters. The molecule has 0 heterocycles. The SMILES string of the molecule is COc1ccc(O)c(OC)c1C(=O)O. The molecule has 1 aromatic rings. The molecule has 0 aromatic heterocycles. The van der Waals surface area contributed by atoms with E-state index < -0.39 is 5.97 Å². The molecule has 5 nitrogen and oxygen atoms in total. The number of rotatable bonds is 3. The molecule has 2 N–H and O–H groups in total. The summed E-state index contributed by atoms with van der Waals surface area (Å²) < 4.78 is 9.60. The molecule has 76 valence electrons. The molecule has 0 bridgehead atoms. The summed E-state index contributed by atoms with van der Waals surface area (Å²) in [5.41, 5.74) is -0.185. The summed E-state index contributed by atoms with van der Waals surface area (Å²) in [7, 11) is 2.62. The van der Waals surface area contributed by atoms with Crippen LogP contribution in [0.3, 0.4) is 0 Å². The first-order chi connectivity index (χ1) is 6.61. The summed E-state index contributed by atoms with van der Waals surface area (Å²) in [4.78, 5) is 10.8. The Balaban J connectivity index is 3.43. The van der Waals surface area contributed by atoms with Crippen molar-refractivity contribution < 1.29 is 24.5 Å². The van der Waals surface area contributed by atoms with Gasteiger partial charge in [-0.25, -0.2) is 4.79 Å². The number of benzene rings is 1. The molecule has 0 aliphatic heterocycles. The van der Waals surface area contributed by atoms with E-state index in [-0.39, 0.29) is 22.8 Å². The zero-order valence-corrected chi connectivity index (χ0v) is 7.77. The van der Waals surface area contributed by atoms with Gasteiger partial charge in [0.1, 0.15) is 11.3 Å². The van der Waals surface area contributed by atoms with Crippen LogP contribution in [0.5, 0.6) is 17.2 Å². The Morgan fingerprint density at radius 3 is 2.36 bits per heavy atom. The van der Waals surface area contributed by atoms with E-state index in [2.05, 4.69) is 0 Å². The van der Waals surface area contributed by atoms with Gasteiger partial charge in [0.2, 0.25) is 0 Å². The third-order valence-electron chi connectivity index (χ3n) is 1.74. The summed E-state index contributed by atoms with van der Waals surface area (Å²) in [6, 6.07) is 2.67. The molecule has 5 heteroatoms. The maximum atomic E-state index is 10.8. The van der Waals surface area contributed by atoms with Crippen molar-refractivity contribution >= 4 is 5.97 Å². The zero-order chi connectivity index (χ0) is 10.7. The molecule has 1 rings (SSSR count). The van der Waals surface area contributed by atoms with Crippen LogP contribution >= 0.6 is 0 Å². The molecule has 0 amide bonds. The summed E-state index contributed by atoms with van der Waals surface area (Å²) in [6.07, 6.45) is 0. The Kier molecular flexibility index (Phi) is 2.81. The highest BCUT2D eigenvalue weighted by Crippen LogP contribution is 2.36. The fourth-order valence-corrected chi connectivity index (χ4v) is 1.13. The van der Waals surface area contributed by atoms with Gasteiger partial charge in [0, 0.05) is 0 Å². The van der Waals surface area contributed by atoms with Gasteiger partial charge >= 0.3 is 5.97 Å². The third-order valence-corrected chi connectivity index (χ3v) is 1.74. The molecule has 14 heavy (non-hydrogen) atoms. The molecule has 0 spiro atoms. The molecular weight excluding hydrogens is 188 g/mol. The quantitative estimate of drug-likeness (QED) is 0.760. The Morgan fingerprint density at radius 2 is 1.93 bits per heavy atom. The highest BCUT2D eigenvalue weighted by molar-refractivity contribution is 5.95. The van der Waals surface area contributed by atoms with Crippen LogP contribution in [0, 0.1) is 0 Å². The van der Waals surface area contributed by atoms with E-state index >= 15 is 0 Å². The van der Waals surface area contributed by atoms with Gasteiger partial charge in [-0.3, -0.25) is 0 Å². The maximum absolute atomic E-state index is 10.8. The van der Waals surface area contributed by atoms with E-state index in [1.165, 1.54) is 26.4 Å². The van der Waals surface area contributed by atoms with E-state index in [0.717, 1.165) is 0 Å². The van der Waals surface area contributed by atoms with Crippen LogP contribution in [0.15, 0.2) is 12.1 Å². The number of aromatic hydroxyl groups is 1. The minimum absolute atomic E-state index is 0.100. The predicted octanol–water partition coefficient (Wildman–Crippen LogP) is 1.11. The number of phenolic OH excluding ortho intramolecular Hbond substituents is 1. The minimum Gasteiger partial charge on any atom is -0.504 e. The van der Waals surface area contributed by atoms with Crippen molar-refractivity contribution in [2.24, 2.45) is 0 Å². The van der Waals surface area contributed by atoms with Crippen LogP contribution < -0.4 is 9.47 Å². The number of hydrogen-bond acceptors (Lipinski definition) is 4. The Labute approximate surface area is 80.5 Å².